The summed E-state index contributed by atoms with van der Waals surface area (Å²) < 4.78 is 13.9. The Morgan fingerprint density at radius 3 is 2.31 bits per heavy atom. The molecule has 3 heteroatoms. The Morgan fingerprint density at radius 2 is 1.88 bits per heavy atom. The average Bonchev–Trinajstić information content (AvgIpc) is 2.25. The molecular weight excluding hydrogens is 218 g/mol. The van der Waals surface area contributed by atoms with Crippen molar-refractivity contribution in [2.45, 2.75) is 25.5 Å². The molecule has 1 unspecified atom stereocenters. The predicted molar refractivity (Wildman–Crippen MR) is 71.9 cm³/mol. The van der Waals surface area contributed by atoms with Gasteiger partial charge in [-0.2, -0.15) is 0 Å². The Hall–Kier alpha value is -1.09. The molecule has 0 aliphatic carbocycles. The second-order valence-corrected chi connectivity index (χ2v) is 6.71. The zero-order chi connectivity index (χ0) is 12.2. The molecule has 0 aliphatic rings. The molecule has 0 radical (unpaired) electrons. The van der Waals surface area contributed by atoms with Crippen LogP contribution in [0, 0.1) is 0 Å². The number of hydrogen-bond acceptors (Lipinski definition) is 1. The maximum absolute atomic E-state index is 12.3. The first-order valence-corrected chi connectivity index (χ1v) is 6.43. The molecule has 1 aromatic carbocycles. The van der Waals surface area contributed by atoms with E-state index < -0.39 is 11.0 Å². The van der Waals surface area contributed by atoms with E-state index in [1.54, 1.807) is 6.08 Å². The second-order valence-electron chi connectivity index (χ2n) is 4.55. The maximum Gasteiger partial charge on any atom is 0.125 e. The average molecular weight is 237 g/mol. The lowest BCUT2D eigenvalue weighted by atomic mass is 10.3. The Kier molecular flexibility index (Phi) is 4.30. The van der Waals surface area contributed by atoms with Gasteiger partial charge in [0.25, 0.3) is 0 Å². The van der Waals surface area contributed by atoms with Crippen molar-refractivity contribution < 1.29 is 4.21 Å². The van der Waals surface area contributed by atoms with E-state index in [1.807, 2.05) is 55.4 Å². The number of hydrogen-bond donors (Lipinski definition) is 0. The highest BCUT2D eigenvalue weighted by atomic mass is 32.2. The van der Waals surface area contributed by atoms with Crippen LogP contribution in [-0.4, -0.2) is 15.5 Å². The fraction of sp³-hybridized carbons (Fsp3) is 0.385. The summed E-state index contributed by atoms with van der Waals surface area (Å²) in [7, 11) is -1.06. The fourth-order valence-corrected chi connectivity index (χ4v) is 2.53. The van der Waals surface area contributed by atoms with Crippen molar-refractivity contribution >= 4 is 16.7 Å². The van der Waals surface area contributed by atoms with E-state index in [-0.39, 0.29) is 4.75 Å². The Labute approximate surface area is 101 Å². The highest BCUT2D eigenvalue weighted by molar-refractivity contribution is 7.87. The maximum atomic E-state index is 12.3. The Balaban J connectivity index is 3.01. The van der Waals surface area contributed by atoms with Crippen molar-refractivity contribution in [1.82, 2.24) is 0 Å². The molecule has 0 bridgehead atoms. The number of rotatable bonds is 4. The molecule has 0 amide bonds. The smallest absolute Gasteiger partial charge is 0.125 e. The normalized spacial score (nSPS) is 13.2. The van der Waals surface area contributed by atoms with E-state index in [2.05, 4.69) is 6.58 Å². The van der Waals surface area contributed by atoms with Crippen LogP contribution in [0.4, 0.5) is 5.69 Å². The molecular formula is C13H19NOS. The van der Waals surface area contributed by atoms with Crippen LogP contribution >= 0.6 is 0 Å². The van der Waals surface area contributed by atoms with Crippen LogP contribution in [-0.2, 0) is 11.0 Å². The van der Waals surface area contributed by atoms with E-state index in [9.17, 15) is 4.21 Å². The summed E-state index contributed by atoms with van der Waals surface area (Å²) in [5, 5.41) is 0. The van der Waals surface area contributed by atoms with Crippen LogP contribution < -0.4 is 4.31 Å². The summed E-state index contributed by atoms with van der Waals surface area (Å²) in [5.41, 5.74) is 0.968. The third-order valence-electron chi connectivity index (χ3n) is 2.06. The number of benzene rings is 1. The van der Waals surface area contributed by atoms with Crippen molar-refractivity contribution in [3.63, 3.8) is 0 Å². The molecule has 0 saturated heterocycles. The number of para-hydroxylation sites is 1. The van der Waals surface area contributed by atoms with Gasteiger partial charge in [0.15, 0.2) is 0 Å². The first kappa shape index (κ1) is 13.0. The van der Waals surface area contributed by atoms with Gasteiger partial charge in [0, 0.05) is 12.2 Å². The lowest BCUT2D eigenvalue weighted by Gasteiger charge is -2.29. The van der Waals surface area contributed by atoms with Gasteiger partial charge in [-0.25, -0.2) is 4.21 Å². The predicted octanol–water partition coefficient (Wildman–Crippen LogP) is 3.14. The molecule has 16 heavy (non-hydrogen) atoms. The molecule has 1 atom stereocenters. The van der Waals surface area contributed by atoms with Crippen LogP contribution in [0.25, 0.3) is 0 Å². The molecule has 0 aromatic heterocycles. The monoisotopic (exact) mass is 237 g/mol. The van der Waals surface area contributed by atoms with Gasteiger partial charge in [0.2, 0.25) is 0 Å². The van der Waals surface area contributed by atoms with Gasteiger partial charge in [-0.3, -0.25) is 4.31 Å². The minimum atomic E-state index is -1.06. The van der Waals surface area contributed by atoms with Crippen molar-refractivity contribution in [2.75, 3.05) is 10.8 Å². The molecule has 0 spiro atoms. The van der Waals surface area contributed by atoms with Crippen LogP contribution in [0.3, 0.4) is 0 Å². The molecule has 2 nitrogen and oxygen atoms in total. The highest BCUT2D eigenvalue weighted by Crippen LogP contribution is 2.22. The third-order valence-corrected chi connectivity index (χ3v) is 3.87. The van der Waals surface area contributed by atoms with Crippen LogP contribution in [0.1, 0.15) is 20.8 Å². The van der Waals surface area contributed by atoms with Crippen molar-refractivity contribution in [1.29, 1.82) is 0 Å². The fourth-order valence-electron chi connectivity index (χ4n) is 1.31. The Bertz CT molecular complexity index is 367. The summed E-state index contributed by atoms with van der Waals surface area (Å²) in [6.07, 6.45) is 1.77. The molecule has 88 valence electrons. The SMILES string of the molecule is C=CCN(c1ccccc1)S(=O)C(C)(C)C. The Morgan fingerprint density at radius 1 is 1.31 bits per heavy atom. The standard InChI is InChI=1S/C13H19NOS/c1-5-11-14(16(15)13(2,3)4)12-9-7-6-8-10-12/h5-10H,1,11H2,2-4H3. The van der Waals surface area contributed by atoms with Crippen molar-refractivity contribution in [3.8, 4) is 0 Å². The van der Waals surface area contributed by atoms with Crippen LogP contribution in [0.2, 0.25) is 0 Å². The highest BCUT2D eigenvalue weighted by Gasteiger charge is 2.25. The molecule has 0 aliphatic heterocycles. The van der Waals surface area contributed by atoms with Crippen LogP contribution in [0.5, 0.6) is 0 Å². The van der Waals surface area contributed by atoms with Gasteiger partial charge < -0.3 is 0 Å². The molecule has 0 saturated carbocycles. The zero-order valence-corrected chi connectivity index (χ0v) is 11.0. The molecule has 1 rings (SSSR count). The minimum absolute atomic E-state index is 0.265. The molecule has 0 fully saturated rings. The lowest BCUT2D eigenvalue weighted by Crippen LogP contribution is -2.37. The summed E-state index contributed by atoms with van der Waals surface area (Å²) in [6, 6.07) is 9.78. The van der Waals surface area contributed by atoms with E-state index in [4.69, 9.17) is 0 Å². The van der Waals surface area contributed by atoms with Gasteiger partial charge in [0.1, 0.15) is 11.0 Å². The third kappa shape index (κ3) is 3.20. The number of anilines is 1. The van der Waals surface area contributed by atoms with Crippen molar-refractivity contribution in [2.24, 2.45) is 0 Å². The summed E-state index contributed by atoms with van der Waals surface area (Å²) in [6.45, 7) is 10.2. The van der Waals surface area contributed by atoms with Gasteiger partial charge in [-0.1, -0.05) is 24.3 Å². The summed E-state index contributed by atoms with van der Waals surface area (Å²) in [4.78, 5) is 0. The lowest BCUT2D eigenvalue weighted by molar-refractivity contribution is 0.646. The number of nitrogens with zero attached hydrogens (tertiary/aromatic N) is 1. The van der Waals surface area contributed by atoms with Gasteiger partial charge in [-0.05, 0) is 32.9 Å². The second kappa shape index (κ2) is 5.30. The quantitative estimate of drug-likeness (QED) is 0.737. The summed E-state index contributed by atoms with van der Waals surface area (Å²) >= 11 is 0. The van der Waals surface area contributed by atoms with E-state index in [0.29, 0.717) is 6.54 Å². The van der Waals surface area contributed by atoms with E-state index in [0.717, 1.165) is 5.69 Å². The van der Waals surface area contributed by atoms with E-state index in [1.165, 1.54) is 0 Å². The summed E-state index contributed by atoms with van der Waals surface area (Å²) in [5.74, 6) is 0. The molecule has 1 aromatic rings. The van der Waals surface area contributed by atoms with Gasteiger partial charge in [0.05, 0.1) is 4.75 Å². The van der Waals surface area contributed by atoms with Crippen LogP contribution in [0.15, 0.2) is 43.0 Å². The molecule has 0 N–H and O–H groups in total. The minimum Gasteiger partial charge on any atom is -0.288 e. The zero-order valence-electron chi connectivity index (χ0n) is 10.1. The topological polar surface area (TPSA) is 20.3 Å². The largest absolute Gasteiger partial charge is 0.288 e. The van der Waals surface area contributed by atoms with Gasteiger partial charge in [-0.15, -0.1) is 6.58 Å². The van der Waals surface area contributed by atoms with Gasteiger partial charge >= 0.3 is 0 Å². The first-order chi connectivity index (χ1) is 7.46. The first-order valence-electron chi connectivity index (χ1n) is 5.32. The van der Waals surface area contributed by atoms with Crippen molar-refractivity contribution in [3.05, 3.63) is 43.0 Å². The molecule has 0 heterocycles. The van der Waals surface area contributed by atoms with E-state index >= 15 is 0 Å².